The van der Waals surface area contributed by atoms with Crippen molar-refractivity contribution in [2.24, 2.45) is 0 Å². The Morgan fingerprint density at radius 1 is 1.14 bits per heavy atom. The van der Waals surface area contributed by atoms with Gasteiger partial charge in [-0.25, -0.2) is 0 Å². The molecule has 3 aromatic rings. The largest absolute Gasteiger partial charge is 0.496 e. The lowest BCUT2D eigenvalue weighted by molar-refractivity contribution is 0.0950. The molecule has 0 spiro atoms. The van der Waals surface area contributed by atoms with Crippen molar-refractivity contribution in [3.8, 4) is 17.0 Å². The number of halogens is 1. The third-order valence-corrected chi connectivity index (χ3v) is 4.88. The van der Waals surface area contributed by atoms with Crippen LogP contribution in [0.15, 0.2) is 60.8 Å². The summed E-state index contributed by atoms with van der Waals surface area (Å²) in [7, 11) is 1.56. The highest BCUT2D eigenvalue weighted by atomic mass is 35.5. The number of amides is 1. The highest BCUT2D eigenvalue weighted by Crippen LogP contribution is 2.33. The molecule has 0 radical (unpaired) electrons. The van der Waals surface area contributed by atoms with E-state index in [4.69, 9.17) is 16.3 Å². The van der Waals surface area contributed by atoms with Crippen LogP contribution < -0.4 is 10.1 Å². The second-order valence-corrected chi connectivity index (χ2v) is 7.24. The van der Waals surface area contributed by atoms with E-state index in [0.29, 0.717) is 34.5 Å². The number of hydrogen-bond donors (Lipinski definition) is 1. The number of carbonyl (C=O) groups excluding carboxylic acids is 1. The SMILES string of the molecule is COc1cc(C(=O)NCc2ccc(C(C)C)cc2)ccc1-c1ncccc1Cl. The fourth-order valence-corrected chi connectivity index (χ4v) is 3.14. The van der Waals surface area contributed by atoms with E-state index in [-0.39, 0.29) is 5.91 Å². The predicted molar refractivity (Wildman–Crippen MR) is 113 cm³/mol. The lowest BCUT2D eigenvalue weighted by Gasteiger charge is -2.12. The quantitative estimate of drug-likeness (QED) is 0.603. The second-order valence-electron chi connectivity index (χ2n) is 6.83. The van der Waals surface area contributed by atoms with Crippen LogP contribution in [-0.4, -0.2) is 18.0 Å². The van der Waals surface area contributed by atoms with Gasteiger partial charge in [-0.1, -0.05) is 49.7 Å². The van der Waals surface area contributed by atoms with Crippen LogP contribution in [-0.2, 0) is 6.54 Å². The number of benzene rings is 2. The number of pyridine rings is 1. The maximum atomic E-state index is 12.6. The van der Waals surface area contributed by atoms with Crippen molar-refractivity contribution in [3.63, 3.8) is 0 Å². The van der Waals surface area contributed by atoms with Gasteiger partial charge in [0, 0.05) is 23.9 Å². The maximum Gasteiger partial charge on any atom is 0.251 e. The predicted octanol–water partition coefficient (Wildman–Crippen LogP) is 5.46. The normalized spacial score (nSPS) is 10.8. The van der Waals surface area contributed by atoms with Crippen molar-refractivity contribution in [3.05, 3.63) is 82.5 Å². The molecule has 0 atom stereocenters. The molecule has 1 N–H and O–H groups in total. The van der Waals surface area contributed by atoms with Crippen molar-refractivity contribution in [1.82, 2.24) is 10.3 Å². The van der Waals surface area contributed by atoms with Gasteiger partial charge in [0.25, 0.3) is 5.91 Å². The first kappa shape index (κ1) is 19.9. The molecule has 0 fully saturated rings. The highest BCUT2D eigenvalue weighted by molar-refractivity contribution is 6.33. The summed E-state index contributed by atoms with van der Waals surface area (Å²) in [6.07, 6.45) is 1.67. The molecular formula is C23H23ClN2O2. The molecule has 1 aromatic heterocycles. The average molecular weight is 395 g/mol. The Hall–Kier alpha value is -2.85. The Morgan fingerprint density at radius 2 is 1.89 bits per heavy atom. The van der Waals surface area contributed by atoms with Crippen molar-refractivity contribution in [2.75, 3.05) is 7.11 Å². The molecule has 0 saturated carbocycles. The molecule has 0 bridgehead atoms. The fraction of sp³-hybridized carbons (Fsp3) is 0.217. The van der Waals surface area contributed by atoms with Crippen LogP contribution in [0.1, 0.15) is 41.3 Å². The molecule has 5 heteroatoms. The van der Waals surface area contributed by atoms with Gasteiger partial charge >= 0.3 is 0 Å². The summed E-state index contributed by atoms with van der Waals surface area (Å²) in [6.45, 7) is 4.78. The zero-order valence-corrected chi connectivity index (χ0v) is 17.0. The van der Waals surface area contributed by atoms with Gasteiger partial charge in [-0.15, -0.1) is 0 Å². The summed E-state index contributed by atoms with van der Waals surface area (Å²) in [5, 5.41) is 3.48. The van der Waals surface area contributed by atoms with E-state index in [1.165, 1.54) is 5.56 Å². The fourth-order valence-electron chi connectivity index (χ4n) is 2.92. The van der Waals surface area contributed by atoms with Crippen LogP contribution in [0.2, 0.25) is 5.02 Å². The number of hydrogen-bond acceptors (Lipinski definition) is 3. The molecule has 0 saturated heterocycles. The van der Waals surface area contributed by atoms with Gasteiger partial charge in [-0.05, 0) is 47.4 Å². The molecule has 4 nitrogen and oxygen atoms in total. The van der Waals surface area contributed by atoms with E-state index in [2.05, 4.69) is 36.3 Å². The molecule has 28 heavy (non-hydrogen) atoms. The summed E-state index contributed by atoms with van der Waals surface area (Å²) in [4.78, 5) is 16.9. The molecule has 1 heterocycles. The standard InChI is InChI=1S/C23H23ClN2O2/c1-15(2)17-8-6-16(7-9-17)14-26-23(27)18-10-11-19(21(13-18)28-3)22-20(24)5-4-12-25-22/h4-13,15H,14H2,1-3H3,(H,26,27). The molecule has 144 valence electrons. The van der Waals surface area contributed by atoms with Gasteiger partial charge in [0.15, 0.2) is 0 Å². The lowest BCUT2D eigenvalue weighted by Crippen LogP contribution is -2.22. The van der Waals surface area contributed by atoms with Crippen LogP contribution in [0, 0.1) is 0 Å². The van der Waals surface area contributed by atoms with E-state index < -0.39 is 0 Å². The van der Waals surface area contributed by atoms with E-state index >= 15 is 0 Å². The minimum Gasteiger partial charge on any atom is -0.496 e. The molecule has 0 aliphatic rings. The molecule has 0 unspecified atom stereocenters. The number of carbonyl (C=O) groups is 1. The van der Waals surface area contributed by atoms with Crippen molar-refractivity contribution in [1.29, 1.82) is 0 Å². The first-order valence-corrected chi connectivity index (χ1v) is 9.53. The number of rotatable bonds is 6. The third kappa shape index (κ3) is 4.52. The molecular weight excluding hydrogens is 372 g/mol. The number of methoxy groups -OCH3 is 1. The first-order valence-electron chi connectivity index (χ1n) is 9.15. The minimum absolute atomic E-state index is 0.162. The number of aromatic nitrogens is 1. The zero-order valence-electron chi connectivity index (χ0n) is 16.2. The van der Waals surface area contributed by atoms with E-state index in [1.807, 2.05) is 12.1 Å². The summed E-state index contributed by atoms with van der Waals surface area (Å²) >= 11 is 6.24. The van der Waals surface area contributed by atoms with Gasteiger partial charge in [0.1, 0.15) is 5.75 Å². The zero-order chi connectivity index (χ0) is 20.1. The van der Waals surface area contributed by atoms with Gasteiger partial charge in [-0.2, -0.15) is 0 Å². The van der Waals surface area contributed by atoms with Gasteiger partial charge in [0.2, 0.25) is 0 Å². The first-order chi connectivity index (χ1) is 13.5. The van der Waals surface area contributed by atoms with Gasteiger partial charge in [0.05, 0.1) is 17.8 Å². The smallest absolute Gasteiger partial charge is 0.251 e. The van der Waals surface area contributed by atoms with Crippen molar-refractivity contribution < 1.29 is 9.53 Å². The second kappa shape index (κ2) is 8.89. The average Bonchev–Trinajstić information content (AvgIpc) is 2.72. The molecule has 3 rings (SSSR count). The maximum absolute atomic E-state index is 12.6. The Kier molecular flexibility index (Phi) is 6.32. The third-order valence-electron chi connectivity index (χ3n) is 4.58. The summed E-state index contributed by atoms with van der Waals surface area (Å²) in [6, 6.07) is 17.1. The van der Waals surface area contributed by atoms with Crippen LogP contribution in [0.4, 0.5) is 0 Å². The van der Waals surface area contributed by atoms with Gasteiger partial charge < -0.3 is 10.1 Å². The van der Waals surface area contributed by atoms with Crippen molar-refractivity contribution >= 4 is 17.5 Å². The minimum atomic E-state index is -0.162. The number of nitrogens with one attached hydrogen (secondary N) is 1. The summed E-state index contributed by atoms with van der Waals surface area (Å²) < 4.78 is 5.47. The van der Waals surface area contributed by atoms with E-state index in [9.17, 15) is 4.79 Å². The van der Waals surface area contributed by atoms with Crippen LogP contribution in [0.25, 0.3) is 11.3 Å². The Morgan fingerprint density at radius 3 is 2.54 bits per heavy atom. The van der Waals surface area contributed by atoms with E-state index in [0.717, 1.165) is 11.1 Å². The Bertz CT molecular complexity index is 969. The molecule has 0 aliphatic carbocycles. The lowest BCUT2D eigenvalue weighted by atomic mass is 10.0. The Balaban J connectivity index is 1.74. The van der Waals surface area contributed by atoms with Gasteiger partial charge in [-0.3, -0.25) is 9.78 Å². The number of nitrogens with zero attached hydrogens (tertiary/aromatic N) is 1. The van der Waals surface area contributed by atoms with Crippen LogP contribution in [0.3, 0.4) is 0 Å². The van der Waals surface area contributed by atoms with E-state index in [1.54, 1.807) is 43.6 Å². The van der Waals surface area contributed by atoms with Crippen LogP contribution in [0.5, 0.6) is 5.75 Å². The summed E-state index contributed by atoms with van der Waals surface area (Å²) in [5.41, 5.74) is 4.23. The number of ether oxygens (including phenoxy) is 1. The monoisotopic (exact) mass is 394 g/mol. The molecule has 2 aromatic carbocycles. The molecule has 1 amide bonds. The highest BCUT2D eigenvalue weighted by Gasteiger charge is 2.14. The summed E-state index contributed by atoms with van der Waals surface area (Å²) in [5.74, 6) is 0.877. The van der Waals surface area contributed by atoms with Crippen LogP contribution >= 0.6 is 11.6 Å². The molecule has 0 aliphatic heterocycles. The van der Waals surface area contributed by atoms with Crippen molar-refractivity contribution in [2.45, 2.75) is 26.3 Å². The topological polar surface area (TPSA) is 51.2 Å². The Labute approximate surface area is 170 Å².